The van der Waals surface area contributed by atoms with Crippen LogP contribution in [0.15, 0.2) is 83.9 Å². The van der Waals surface area contributed by atoms with Crippen molar-refractivity contribution in [3.63, 3.8) is 0 Å². The fourth-order valence-electron chi connectivity index (χ4n) is 3.65. The number of amidine groups is 1. The molecule has 8 heteroatoms. The molecule has 1 aliphatic heterocycles. The molecule has 1 heterocycles. The number of benzene rings is 3. The van der Waals surface area contributed by atoms with Crippen LogP contribution in [-0.2, 0) is 16.0 Å². The molecular formula is C28H28ClN3O3S. The fourth-order valence-corrected chi connectivity index (χ4v) is 4.90. The number of hydrogen-bond acceptors (Lipinski definition) is 5. The molecule has 0 aromatic heterocycles. The van der Waals surface area contributed by atoms with Crippen LogP contribution >= 0.6 is 23.4 Å². The van der Waals surface area contributed by atoms with Crippen molar-refractivity contribution in [1.82, 2.24) is 4.90 Å². The third-order valence-electron chi connectivity index (χ3n) is 5.55. The van der Waals surface area contributed by atoms with Crippen LogP contribution in [0.2, 0.25) is 5.02 Å². The summed E-state index contributed by atoms with van der Waals surface area (Å²) in [6.07, 6.45) is 1.71. The largest absolute Gasteiger partial charge is 0.494 e. The third kappa shape index (κ3) is 7.12. The number of carbonyl (C=O) groups is 2. The number of anilines is 1. The molecular weight excluding hydrogens is 494 g/mol. The summed E-state index contributed by atoms with van der Waals surface area (Å²) < 4.78 is 5.60. The Kier molecular flexibility index (Phi) is 9.03. The van der Waals surface area contributed by atoms with Gasteiger partial charge in [-0.3, -0.25) is 14.5 Å². The van der Waals surface area contributed by atoms with Gasteiger partial charge in [0.2, 0.25) is 11.8 Å². The van der Waals surface area contributed by atoms with Crippen LogP contribution in [0.1, 0.15) is 25.3 Å². The lowest BCUT2D eigenvalue weighted by molar-refractivity contribution is -0.129. The number of thioether (sulfide) groups is 1. The molecule has 0 saturated carbocycles. The van der Waals surface area contributed by atoms with E-state index in [-0.39, 0.29) is 18.2 Å². The van der Waals surface area contributed by atoms with E-state index in [1.807, 2.05) is 49.4 Å². The van der Waals surface area contributed by atoms with E-state index in [2.05, 4.69) is 5.32 Å². The van der Waals surface area contributed by atoms with Crippen molar-refractivity contribution in [3.8, 4) is 5.75 Å². The number of hydrogen-bond donors (Lipinski definition) is 1. The van der Waals surface area contributed by atoms with Crippen LogP contribution < -0.4 is 10.1 Å². The molecule has 1 saturated heterocycles. The van der Waals surface area contributed by atoms with E-state index < -0.39 is 5.25 Å². The molecule has 36 heavy (non-hydrogen) atoms. The number of ether oxygens (including phenoxy) is 1. The molecule has 1 unspecified atom stereocenters. The highest BCUT2D eigenvalue weighted by molar-refractivity contribution is 8.15. The highest BCUT2D eigenvalue weighted by atomic mass is 35.5. The van der Waals surface area contributed by atoms with E-state index in [1.54, 1.807) is 41.3 Å². The Hall–Kier alpha value is -3.29. The summed E-state index contributed by atoms with van der Waals surface area (Å²) in [6, 6.07) is 24.3. The summed E-state index contributed by atoms with van der Waals surface area (Å²) in [5, 5.41) is 3.45. The minimum atomic E-state index is -0.590. The summed E-state index contributed by atoms with van der Waals surface area (Å²) in [7, 11) is 0. The third-order valence-corrected chi connectivity index (χ3v) is 6.98. The minimum absolute atomic E-state index is 0.0998. The maximum absolute atomic E-state index is 13.2. The Morgan fingerprint density at radius 3 is 2.50 bits per heavy atom. The SMILES string of the molecule is CCCOc1ccc(NC(=O)C2CC(=O)N(CCc3ccccc3)C(=Nc3ccc(Cl)cc3)S2)cc1. The van der Waals surface area contributed by atoms with Crippen molar-refractivity contribution in [2.45, 2.75) is 31.4 Å². The maximum atomic E-state index is 13.2. The highest BCUT2D eigenvalue weighted by Gasteiger charge is 2.35. The van der Waals surface area contributed by atoms with Crippen LogP contribution in [0, 0.1) is 0 Å². The van der Waals surface area contributed by atoms with Crippen molar-refractivity contribution in [2.75, 3.05) is 18.5 Å². The van der Waals surface area contributed by atoms with Gasteiger partial charge in [0.25, 0.3) is 0 Å². The second kappa shape index (κ2) is 12.6. The molecule has 0 bridgehead atoms. The van der Waals surface area contributed by atoms with Crippen molar-refractivity contribution < 1.29 is 14.3 Å². The summed E-state index contributed by atoms with van der Waals surface area (Å²) in [5.74, 6) is 0.395. The number of rotatable bonds is 9. The number of carbonyl (C=O) groups excluding carboxylic acids is 2. The van der Waals surface area contributed by atoms with Gasteiger partial charge in [0.05, 0.1) is 12.3 Å². The van der Waals surface area contributed by atoms with Gasteiger partial charge in [-0.05, 0) is 66.9 Å². The molecule has 2 amide bonds. The van der Waals surface area contributed by atoms with E-state index in [4.69, 9.17) is 21.3 Å². The number of nitrogens with zero attached hydrogens (tertiary/aromatic N) is 2. The molecule has 3 aromatic rings. The molecule has 0 radical (unpaired) electrons. The molecule has 4 rings (SSSR count). The molecule has 1 atom stereocenters. The van der Waals surface area contributed by atoms with E-state index >= 15 is 0 Å². The van der Waals surface area contributed by atoms with Gasteiger partial charge in [-0.2, -0.15) is 0 Å². The smallest absolute Gasteiger partial charge is 0.238 e. The topological polar surface area (TPSA) is 71.0 Å². The fraction of sp³-hybridized carbons (Fsp3) is 0.250. The lowest BCUT2D eigenvalue weighted by Gasteiger charge is -2.32. The van der Waals surface area contributed by atoms with Crippen molar-refractivity contribution >= 4 is 51.7 Å². The van der Waals surface area contributed by atoms with Crippen LogP contribution in [0.3, 0.4) is 0 Å². The zero-order chi connectivity index (χ0) is 25.3. The molecule has 0 aliphatic carbocycles. The standard InChI is InChI=1S/C28H28ClN3O3S/c1-2-18-35-24-14-12-22(13-15-24)30-27(34)25-19-26(33)32(17-16-20-6-4-3-5-7-20)28(36-25)31-23-10-8-21(29)9-11-23/h3-15,25H,2,16-19H2,1H3,(H,30,34). The first-order valence-electron chi connectivity index (χ1n) is 11.9. The first-order chi connectivity index (χ1) is 17.5. The van der Waals surface area contributed by atoms with Crippen molar-refractivity contribution in [2.24, 2.45) is 4.99 Å². The van der Waals surface area contributed by atoms with Gasteiger partial charge in [-0.25, -0.2) is 4.99 Å². The second-order valence-electron chi connectivity index (χ2n) is 8.32. The average molecular weight is 522 g/mol. The van der Waals surface area contributed by atoms with Gasteiger partial charge in [0.15, 0.2) is 5.17 Å². The van der Waals surface area contributed by atoms with E-state index in [0.717, 1.165) is 17.7 Å². The Morgan fingerprint density at radius 2 is 1.81 bits per heavy atom. The summed E-state index contributed by atoms with van der Waals surface area (Å²) in [6.45, 7) is 3.17. The Morgan fingerprint density at radius 1 is 1.08 bits per heavy atom. The highest BCUT2D eigenvalue weighted by Crippen LogP contribution is 2.30. The predicted octanol–water partition coefficient (Wildman–Crippen LogP) is 6.33. The van der Waals surface area contributed by atoms with Gasteiger partial charge < -0.3 is 10.1 Å². The number of amides is 2. The van der Waals surface area contributed by atoms with Crippen LogP contribution in [0.4, 0.5) is 11.4 Å². The zero-order valence-electron chi connectivity index (χ0n) is 20.0. The summed E-state index contributed by atoms with van der Waals surface area (Å²) >= 11 is 7.33. The number of aliphatic imine (C=N–C) groups is 1. The molecule has 3 aromatic carbocycles. The van der Waals surface area contributed by atoms with Crippen LogP contribution in [0.5, 0.6) is 5.75 Å². The van der Waals surface area contributed by atoms with E-state index in [1.165, 1.54) is 11.8 Å². The second-order valence-corrected chi connectivity index (χ2v) is 9.93. The van der Waals surface area contributed by atoms with Crippen molar-refractivity contribution in [3.05, 3.63) is 89.4 Å². The molecule has 1 fully saturated rings. The van der Waals surface area contributed by atoms with Crippen molar-refractivity contribution in [1.29, 1.82) is 0 Å². The predicted molar refractivity (Wildman–Crippen MR) is 147 cm³/mol. The first-order valence-corrected chi connectivity index (χ1v) is 13.2. The van der Waals surface area contributed by atoms with Gasteiger partial charge >= 0.3 is 0 Å². The zero-order valence-corrected chi connectivity index (χ0v) is 21.6. The quantitative estimate of drug-likeness (QED) is 0.357. The average Bonchev–Trinajstić information content (AvgIpc) is 2.89. The number of halogens is 1. The summed E-state index contributed by atoms with van der Waals surface area (Å²) in [5.41, 5.74) is 2.45. The van der Waals surface area contributed by atoms with E-state index in [0.29, 0.717) is 41.1 Å². The van der Waals surface area contributed by atoms with Crippen LogP contribution in [-0.4, -0.2) is 40.3 Å². The monoisotopic (exact) mass is 521 g/mol. The molecule has 0 spiro atoms. The molecule has 6 nitrogen and oxygen atoms in total. The Labute approximate surface area is 220 Å². The first kappa shape index (κ1) is 25.8. The molecule has 1 aliphatic rings. The van der Waals surface area contributed by atoms with Gasteiger partial charge in [-0.1, -0.05) is 60.6 Å². The molecule has 186 valence electrons. The van der Waals surface area contributed by atoms with E-state index in [9.17, 15) is 9.59 Å². The van der Waals surface area contributed by atoms with Gasteiger partial charge in [0, 0.05) is 23.7 Å². The Bertz CT molecular complexity index is 1200. The molecule has 1 N–H and O–H groups in total. The minimum Gasteiger partial charge on any atom is -0.494 e. The lowest BCUT2D eigenvalue weighted by Crippen LogP contribution is -2.46. The van der Waals surface area contributed by atoms with Gasteiger partial charge in [0.1, 0.15) is 11.0 Å². The lowest BCUT2D eigenvalue weighted by atomic mass is 10.1. The van der Waals surface area contributed by atoms with Crippen LogP contribution in [0.25, 0.3) is 0 Å². The summed E-state index contributed by atoms with van der Waals surface area (Å²) in [4.78, 5) is 32.7. The maximum Gasteiger partial charge on any atom is 0.238 e. The number of nitrogens with one attached hydrogen (secondary N) is 1. The van der Waals surface area contributed by atoms with Gasteiger partial charge in [-0.15, -0.1) is 0 Å². The Balaban J connectivity index is 1.49. The normalized spacial score (nSPS) is 16.7.